The first kappa shape index (κ1) is 16.5. The van der Waals surface area contributed by atoms with Crippen molar-refractivity contribution in [2.75, 3.05) is 26.2 Å². The monoisotopic (exact) mass is 383 g/mol. The van der Waals surface area contributed by atoms with Crippen LogP contribution in [0.4, 0.5) is 9.18 Å². The Hall–Kier alpha value is -2.44. The van der Waals surface area contributed by atoms with Gasteiger partial charge in [-0.25, -0.2) is 14.2 Å². The minimum Gasteiger partial charge on any atom is -0.324 e. The van der Waals surface area contributed by atoms with Crippen molar-refractivity contribution in [3.8, 4) is 0 Å². The SMILES string of the molecule is O=C(N1CC(C2CC3(c4ccc(F)cc4)CC23)C1)N1CC[C@H](c2ncn[nH]2)C1.[HH]. The van der Waals surface area contributed by atoms with Crippen molar-refractivity contribution < 1.29 is 10.6 Å². The maximum absolute atomic E-state index is 13.2. The lowest BCUT2D eigenvalue weighted by atomic mass is 9.64. The second kappa shape index (κ2) is 5.78. The fourth-order valence-corrected chi connectivity index (χ4v) is 5.97. The molecule has 1 aromatic heterocycles. The van der Waals surface area contributed by atoms with Gasteiger partial charge in [0.1, 0.15) is 18.0 Å². The van der Waals surface area contributed by atoms with E-state index in [2.05, 4.69) is 15.2 Å². The molecule has 2 aromatic rings. The molecule has 148 valence electrons. The first-order valence-corrected chi connectivity index (χ1v) is 10.3. The van der Waals surface area contributed by atoms with Gasteiger partial charge in [-0.15, -0.1) is 0 Å². The molecule has 4 atom stereocenters. The first-order chi connectivity index (χ1) is 13.6. The number of fused-ring (bicyclic) bond motifs is 1. The van der Waals surface area contributed by atoms with E-state index >= 15 is 0 Å². The van der Waals surface area contributed by atoms with E-state index in [0.29, 0.717) is 11.3 Å². The van der Waals surface area contributed by atoms with Gasteiger partial charge >= 0.3 is 6.03 Å². The Morgan fingerprint density at radius 3 is 2.71 bits per heavy atom. The lowest BCUT2D eigenvalue weighted by molar-refractivity contribution is 0.0265. The van der Waals surface area contributed by atoms with Crippen LogP contribution in [-0.2, 0) is 5.41 Å². The van der Waals surface area contributed by atoms with Gasteiger partial charge in [-0.1, -0.05) is 12.1 Å². The Morgan fingerprint density at radius 2 is 2.00 bits per heavy atom. The van der Waals surface area contributed by atoms with E-state index < -0.39 is 0 Å². The maximum atomic E-state index is 13.2. The van der Waals surface area contributed by atoms with Crippen LogP contribution in [0.25, 0.3) is 0 Å². The third-order valence-electron chi connectivity index (χ3n) is 7.73. The average Bonchev–Trinajstić information content (AvgIpc) is 3.12. The molecule has 28 heavy (non-hydrogen) atoms. The van der Waals surface area contributed by atoms with Crippen molar-refractivity contribution in [2.24, 2.45) is 17.8 Å². The fraction of sp³-hybridized carbons (Fsp3) is 0.571. The molecule has 2 saturated carbocycles. The van der Waals surface area contributed by atoms with E-state index in [1.165, 1.54) is 24.7 Å². The molecule has 1 N–H and O–H groups in total. The molecule has 3 heterocycles. The van der Waals surface area contributed by atoms with E-state index in [9.17, 15) is 9.18 Å². The largest absolute Gasteiger partial charge is 0.324 e. The normalized spacial score (nSPS) is 34.0. The number of aromatic nitrogens is 3. The molecular weight excluding hydrogens is 357 g/mol. The second-order valence-corrected chi connectivity index (χ2v) is 9.09. The van der Waals surface area contributed by atoms with Gasteiger partial charge < -0.3 is 9.80 Å². The highest BCUT2D eigenvalue weighted by Crippen LogP contribution is 2.73. The first-order valence-electron chi connectivity index (χ1n) is 10.3. The predicted molar refractivity (Wildman–Crippen MR) is 102 cm³/mol. The second-order valence-electron chi connectivity index (χ2n) is 9.09. The zero-order valence-electron chi connectivity index (χ0n) is 15.7. The standard InChI is InChI=1S/C21H24FN5O.H2/c22-16-3-1-15(2-4-16)21-7-17(18(21)8-21)14-10-27(11-14)20(28)26-6-5-13(9-26)19-23-12-24-25-19;/h1-4,12-14,17-18H,5-11H2,(H,23,24,25);1H/t13-,17?,18?,21?;/m0./s1. The summed E-state index contributed by atoms with van der Waals surface area (Å²) >= 11 is 0. The molecule has 0 spiro atoms. The Labute approximate surface area is 164 Å². The number of amides is 2. The molecule has 7 heteroatoms. The van der Waals surface area contributed by atoms with E-state index in [4.69, 9.17) is 0 Å². The molecule has 2 aliphatic carbocycles. The van der Waals surface area contributed by atoms with E-state index in [0.717, 1.165) is 50.3 Å². The third-order valence-corrected chi connectivity index (χ3v) is 7.73. The summed E-state index contributed by atoms with van der Waals surface area (Å²) in [6.07, 6.45) is 4.91. The Morgan fingerprint density at radius 1 is 1.18 bits per heavy atom. The van der Waals surface area contributed by atoms with E-state index in [1.54, 1.807) is 12.1 Å². The van der Waals surface area contributed by atoms with Crippen molar-refractivity contribution in [3.63, 3.8) is 0 Å². The number of hydrogen-bond acceptors (Lipinski definition) is 3. The van der Waals surface area contributed by atoms with E-state index in [-0.39, 0.29) is 19.2 Å². The van der Waals surface area contributed by atoms with Crippen LogP contribution in [0, 0.1) is 23.6 Å². The topological polar surface area (TPSA) is 65.1 Å². The number of nitrogens with zero attached hydrogens (tertiary/aromatic N) is 4. The molecule has 1 aromatic carbocycles. The van der Waals surface area contributed by atoms with Gasteiger partial charge in [0.15, 0.2) is 0 Å². The lowest BCUT2D eigenvalue weighted by Gasteiger charge is -2.49. The van der Waals surface area contributed by atoms with Crippen molar-refractivity contribution in [1.29, 1.82) is 0 Å². The highest BCUT2D eigenvalue weighted by molar-refractivity contribution is 5.75. The molecule has 6 nitrogen and oxygen atoms in total. The van der Waals surface area contributed by atoms with Crippen molar-refractivity contribution >= 4 is 6.03 Å². The van der Waals surface area contributed by atoms with Crippen LogP contribution in [0.3, 0.4) is 0 Å². The molecule has 2 saturated heterocycles. The summed E-state index contributed by atoms with van der Waals surface area (Å²) < 4.78 is 13.2. The molecule has 0 radical (unpaired) electrons. The van der Waals surface area contributed by atoms with Gasteiger partial charge in [-0.05, 0) is 60.1 Å². The van der Waals surface area contributed by atoms with Crippen molar-refractivity contribution in [1.82, 2.24) is 25.0 Å². The Kier molecular flexibility index (Phi) is 3.41. The Balaban J connectivity index is 0.00000181. The number of H-pyrrole nitrogens is 1. The third kappa shape index (κ3) is 2.34. The van der Waals surface area contributed by atoms with Gasteiger partial charge in [0, 0.05) is 33.5 Å². The highest BCUT2D eigenvalue weighted by Gasteiger charge is 2.69. The van der Waals surface area contributed by atoms with Gasteiger partial charge in [0.2, 0.25) is 0 Å². The van der Waals surface area contributed by atoms with Crippen molar-refractivity contribution in [3.05, 3.63) is 47.8 Å². The van der Waals surface area contributed by atoms with Crippen LogP contribution in [0.5, 0.6) is 0 Å². The van der Waals surface area contributed by atoms with Crippen LogP contribution in [0.1, 0.15) is 38.0 Å². The van der Waals surface area contributed by atoms with Gasteiger partial charge in [0.05, 0.1) is 0 Å². The summed E-state index contributed by atoms with van der Waals surface area (Å²) in [5.74, 6) is 3.11. The smallest absolute Gasteiger partial charge is 0.320 e. The molecule has 2 amide bonds. The molecule has 4 aliphatic rings. The fourth-order valence-electron chi connectivity index (χ4n) is 5.97. The minimum absolute atomic E-state index is 0. The van der Waals surface area contributed by atoms with Crippen LogP contribution in [-0.4, -0.2) is 57.2 Å². The van der Waals surface area contributed by atoms with Crippen LogP contribution >= 0.6 is 0 Å². The summed E-state index contributed by atoms with van der Waals surface area (Å²) in [5.41, 5.74) is 1.63. The van der Waals surface area contributed by atoms with Crippen LogP contribution in [0.2, 0.25) is 0 Å². The summed E-state index contributed by atoms with van der Waals surface area (Å²) in [5, 5.41) is 6.85. The average molecular weight is 383 g/mol. The van der Waals surface area contributed by atoms with Crippen LogP contribution in [0.15, 0.2) is 30.6 Å². The number of rotatable bonds is 3. The molecule has 2 aliphatic heterocycles. The predicted octanol–water partition coefficient (Wildman–Crippen LogP) is 3.01. The number of aromatic amines is 1. The zero-order valence-corrected chi connectivity index (χ0v) is 15.7. The Bertz CT molecular complexity index is 900. The van der Waals surface area contributed by atoms with Crippen LogP contribution < -0.4 is 0 Å². The minimum atomic E-state index is -0.158. The number of nitrogens with one attached hydrogen (secondary N) is 1. The molecule has 6 rings (SSSR count). The lowest BCUT2D eigenvalue weighted by Crippen LogP contribution is -2.58. The number of benzene rings is 1. The quantitative estimate of drug-likeness (QED) is 0.886. The number of hydrogen-bond donors (Lipinski definition) is 1. The molecule has 3 unspecified atom stereocenters. The molecule has 0 bridgehead atoms. The molecular formula is C21H26FN5O. The highest BCUT2D eigenvalue weighted by atomic mass is 19.1. The number of halogens is 1. The zero-order chi connectivity index (χ0) is 18.9. The van der Waals surface area contributed by atoms with Crippen molar-refractivity contribution in [2.45, 2.75) is 30.6 Å². The number of urea groups is 1. The van der Waals surface area contributed by atoms with Gasteiger partial charge in [0.25, 0.3) is 0 Å². The van der Waals surface area contributed by atoms with Gasteiger partial charge in [-0.2, -0.15) is 5.10 Å². The number of carbonyl (C=O) groups is 1. The summed E-state index contributed by atoms with van der Waals surface area (Å²) in [6, 6.07) is 7.26. The van der Waals surface area contributed by atoms with E-state index in [1.807, 2.05) is 21.9 Å². The summed E-state index contributed by atoms with van der Waals surface area (Å²) in [4.78, 5) is 21.0. The summed E-state index contributed by atoms with van der Waals surface area (Å²) in [6.45, 7) is 3.31. The summed E-state index contributed by atoms with van der Waals surface area (Å²) in [7, 11) is 0. The number of likely N-dealkylation sites (tertiary alicyclic amines) is 2. The molecule has 4 fully saturated rings. The number of carbonyl (C=O) groups excluding carboxylic acids is 1. The maximum Gasteiger partial charge on any atom is 0.320 e. The van der Waals surface area contributed by atoms with Gasteiger partial charge in [-0.3, -0.25) is 5.10 Å².